The molecule has 2 N–H and O–H groups in total. The van der Waals surface area contributed by atoms with Crippen LogP contribution in [0.25, 0.3) is 10.9 Å². The molecule has 2 heterocycles. The van der Waals surface area contributed by atoms with E-state index < -0.39 is 0 Å². The number of hydrogen-bond acceptors (Lipinski definition) is 7. The number of pyridine rings is 1. The number of nitrogens with zero attached hydrogens (tertiary/aromatic N) is 2. The molecule has 2 amide bonds. The number of rotatable bonds is 12. The Kier molecular flexibility index (Phi) is 10.1. The lowest BCUT2D eigenvalue weighted by molar-refractivity contribution is 0.163. The zero-order chi connectivity index (χ0) is 30.2. The van der Waals surface area contributed by atoms with E-state index in [2.05, 4.69) is 34.6 Å². The molecule has 4 aromatic rings. The van der Waals surface area contributed by atoms with Crippen LogP contribution < -0.4 is 29.6 Å². The van der Waals surface area contributed by atoms with Crippen molar-refractivity contribution in [2.24, 2.45) is 0 Å². The monoisotopic (exact) mass is 604 g/mol. The molecule has 0 saturated carbocycles. The third-order valence-corrected chi connectivity index (χ3v) is 7.38. The number of amides is 2. The van der Waals surface area contributed by atoms with Gasteiger partial charge in [-0.15, -0.1) is 0 Å². The van der Waals surface area contributed by atoms with Crippen LogP contribution >= 0.6 is 11.6 Å². The summed E-state index contributed by atoms with van der Waals surface area (Å²) in [6, 6.07) is 15.7. The number of nitrogens with one attached hydrogen (secondary N) is 2. The van der Waals surface area contributed by atoms with Gasteiger partial charge in [0.15, 0.2) is 11.5 Å². The Labute approximate surface area is 257 Å². The SMILES string of the molecule is Cc1cc(NC(=O)Nc2ccc(Oc3ccnc4cc(OCCCCCCN(C)C)c5c(c34)OCCO5)cc2)ccc1Cl. The second kappa shape index (κ2) is 14.3. The summed E-state index contributed by atoms with van der Waals surface area (Å²) in [5.74, 6) is 2.94. The molecule has 10 heteroatoms. The summed E-state index contributed by atoms with van der Waals surface area (Å²) in [5, 5.41) is 7.00. The molecule has 3 aromatic carbocycles. The van der Waals surface area contributed by atoms with Crippen LogP contribution in [0.1, 0.15) is 31.2 Å². The number of carbonyl (C=O) groups is 1. The highest BCUT2D eigenvalue weighted by atomic mass is 35.5. The average molecular weight is 605 g/mol. The smallest absolute Gasteiger partial charge is 0.323 e. The van der Waals surface area contributed by atoms with Gasteiger partial charge in [-0.1, -0.05) is 24.4 Å². The van der Waals surface area contributed by atoms with Crippen LogP contribution in [0.15, 0.2) is 60.8 Å². The number of unbranched alkanes of at least 4 members (excludes halogenated alkanes) is 3. The van der Waals surface area contributed by atoms with Crippen molar-refractivity contribution in [3.05, 3.63) is 71.4 Å². The second-order valence-corrected chi connectivity index (χ2v) is 11.1. The molecule has 1 aromatic heterocycles. The lowest BCUT2D eigenvalue weighted by Crippen LogP contribution is -2.19. The standard InChI is InChI=1S/C33H37ClN4O5/c1-22-20-24(10-13-26(22)34)37-33(39)36-23-8-11-25(12-9-23)43-28-14-15-35-27-21-29(31-32(30(27)28)42-19-18-41-31)40-17-7-5-4-6-16-38(2)3/h8-15,20-21H,4-7,16-19H2,1-3H3,(H2,36,37,39). The van der Waals surface area contributed by atoms with E-state index in [1.165, 1.54) is 12.8 Å². The average Bonchev–Trinajstić information content (AvgIpc) is 2.99. The van der Waals surface area contributed by atoms with Crippen LogP contribution in [-0.4, -0.2) is 56.4 Å². The molecule has 5 rings (SSSR count). The lowest BCUT2D eigenvalue weighted by Gasteiger charge is -2.23. The molecule has 1 aliphatic rings. The number of halogens is 1. The van der Waals surface area contributed by atoms with E-state index in [0.29, 0.717) is 75.9 Å². The quantitative estimate of drug-likeness (QED) is 0.159. The fraction of sp³-hybridized carbons (Fsp3) is 0.333. The molecule has 0 spiro atoms. The highest BCUT2D eigenvalue weighted by Gasteiger charge is 2.24. The number of urea groups is 1. The van der Waals surface area contributed by atoms with E-state index in [1.807, 2.05) is 19.1 Å². The van der Waals surface area contributed by atoms with Crippen LogP contribution in [0, 0.1) is 6.92 Å². The van der Waals surface area contributed by atoms with Gasteiger partial charge in [0.05, 0.1) is 17.5 Å². The van der Waals surface area contributed by atoms with Crippen molar-refractivity contribution in [3.63, 3.8) is 0 Å². The van der Waals surface area contributed by atoms with Gasteiger partial charge in [0, 0.05) is 28.7 Å². The van der Waals surface area contributed by atoms with Gasteiger partial charge in [0.2, 0.25) is 5.75 Å². The van der Waals surface area contributed by atoms with Crippen molar-refractivity contribution in [2.45, 2.75) is 32.6 Å². The molecule has 0 fully saturated rings. The van der Waals surface area contributed by atoms with Gasteiger partial charge >= 0.3 is 6.03 Å². The molecule has 0 saturated heterocycles. The number of aromatic nitrogens is 1. The van der Waals surface area contributed by atoms with E-state index in [9.17, 15) is 4.79 Å². The van der Waals surface area contributed by atoms with Gasteiger partial charge < -0.3 is 34.5 Å². The van der Waals surface area contributed by atoms with Gasteiger partial charge in [-0.3, -0.25) is 4.98 Å². The number of carbonyl (C=O) groups excluding carboxylic acids is 1. The van der Waals surface area contributed by atoms with E-state index in [1.54, 1.807) is 48.7 Å². The lowest BCUT2D eigenvalue weighted by atomic mass is 10.1. The summed E-state index contributed by atoms with van der Waals surface area (Å²) in [6.45, 7) is 4.44. The van der Waals surface area contributed by atoms with E-state index in [4.69, 9.17) is 30.5 Å². The van der Waals surface area contributed by atoms with Crippen LogP contribution in [-0.2, 0) is 0 Å². The first-order chi connectivity index (χ1) is 20.9. The summed E-state index contributed by atoms with van der Waals surface area (Å²) in [5.41, 5.74) is 2.84. The molecule has 43 heavy (non-hydrogen) atoms. The van der Waals surface area contributed by atoms with E-state index in [0.717, 1.165) is 24.9 Å². The first kappa shape index (κ1) is 30.3. The Hall–Kier alpha value is -4.21. The number of aryl methyl sites for hydroxylation is 1. The zero-order valence-electron chi connectivity index (χ0n) is 24.7. The first-order valence-electron chi connectivity index (χ1n) is 14.5. The molecule has 0 unspecified atom stereocenters. The molecular formula is C33H37ClN4O5. The largest absolute Gasteiger partial charge is 0.489 e. The summed E-state index contributed by atoms with van der Waals surface area (Å²) in [7, 11) is 4.19. The predicted octanol–water partition coefficient (Wildman–Crippen LogP) is 7.90. The molecule has 226 valence electrons. The van der Waals surface area contributed by atoms with Crippen molar-refractivity contribution in [2.75, 3.05) is 51.1 Å². The fourth-order valence-electron chi connectivity index (χ4n) is 4.78. The third-order valence-electron chi connectivity index (χ3n) is 6.96. The number of anilines is 2. The molecule has 0 radical (unpaired) electrons. The highest BCUT2D eigenvalue weighted by Crippen LogP contribution is 2.48. The van der Waals surface area contributed by atoms with Crippen molar-refractivity contribution in [1.82, 2.24) is 9.88 Å². The Morgan fingerprint density at radius 2 is 1.63 bits per heavy atom. The maximum Gasteiger partial charge on any atom is 0.323 e. The topological polar surface area (TPSA) is 94.2 Å². The maximum absolute atomic E-state index is 12.5. The predicted molar refractivity (Wildman–Crippen MR) is 171 cm³/mol. The molecule has 0 aliphatic carbocycles. The molecular weight excluding hydrogens is 568 g/mol. The van der Waals surface area contributed by atoms with Crippen molar-refractivity contribution < 1.29 is 23.7 Å². The van der Waals surface area contributed by atoms with Gasteiger partial charge in [0.1, 0.15) is 24.7 Å². The number of benzene rings is 3. The molecule has 0 bridgehead atoms. The number of ether oxygens (including phenoxy) is 4. The minimum Gasteiger partial charge on any atom is -0.489 e. The number of fused-ring (bicyclic) bond motifs is 3. The molecule has 9 nitrogen and oxygen atoms in total. The highest BCUT2D eigenvalue weighted by molar-refractivity contribution is 6.31. The normalized spacial score (nSPS) is 12.3. The Balaban J connectivity index is 1.25. The maximum atomic E-state index is 12.5. The third kappa shape index (κ3) is 8.00. The van der Waals surface area contributed by atoms with Crippen LogP contribution in [0.3, 0.4) is 0 Å². The minimum atomic E-state index is -0.360. The number of hydrogen-bond donors (Lipinski definition) is 2. The van der Waals surface area contributed by atoms with Crippen LogP contribution in [0.4, 0.5) is 16.2 Å². The summed E-state index contributed by atoms with van der Waals surface area (Å²) >= 11 is 6.07. The van der Waals surface area contributed by atoms with Gasteiger partial charge in [-0.05, 0) is 94.5 Å². The van der Waals surface area contributed by atoms with Crippen molar-refractivity contribution >= 4 is 39.9 Å². The van der Waals surface area contributed by atoms with Gasteiger partial charge in [0.25, 0.3) is 0 Å². The molecule has 1 aliphatic heterocycles. The zero-order valence-corrected chi connectivity index (χ0v) is 25.5. The summed E-state index contributed by atoms with van der Waals surface area (Å²) < 4.78 is 24.5. The Morgan fingerprint density at radius 1 is 0.907 bits per heavy atom. The second-order valence-electron chi connectivity index (χ2n) is 10.7. The van der Waals surface area contributed by atoms with Gasteiger partial charge in [-0.2, -0.15) is 0 Å². The van der Waals surface area contributed by atoms with E-state index in [-0.39, 0.29) is 6.03 Å². The summed E-state index contributed by atoms with van der Waals surface area (Å²) in [6.07, 6.45) is 6.12. The Bertz CT molecular complexity index is 1560. The van der Waals surface area contributed by atoms with Gasteiger partial charge in [-0.25, -0.2) is 4.79 Å². The fourth-order valence-corrected chi connectivity index (χ4v) is 4.90. The van der Waals surface area contributed by atoms with Crippen molar-refractivity contribution in [1.29, 1.82) is 0 Å². The first-order valence-corrected chi connectivity index (χ1v) is 14.9. The van der Waals surface area contributed by atoms with Crippen LogP contribution in [0.2, 0.25) is 5.02 Å². The molecule has 0 atom stereocenters. The minimum absolute atomic E-state index is 0.360. The summed E-state index contributed by atoms with van der Waals surface area (Å²) in [4.78, 5) is 19.3. The van der Waals surface area contributed by atoms with Crippen molar-refractivity contribution in [3.8, 4) is 28.7 Å². The van der Waals surface area contributed by atoms with Crippen LogP contribution in [0.5, 0.6) is 28.7 Å². The Morgan fingerprint density at radius 3 is 2.40 bits per heavy atom. The van der Waals surface area contributed by atoms with E-state index >= 15 is 0 Å².